The maximum absolute atomic E-state index is 9.62. The molecule has 15 heavy (non-hydrogen) atoms. The Morgan fingerprint density at radius 3 is 1.87 bits per heavy atom. The van der Waals surface area contributed by atoms with Crippen LogP contribution in [0.4, 0.5) is 0 Å². The van der Waals surface area contributed by atoms with Gasteiger partial charge in [0.05, 0.1) is 0 Å². The summed E-state index contributed by atoms with van der Waals surface area (Å²) < 4.78 is -2.17. The van der Waals surface area contributed by atoms with Gasteiger partial charge in [-0.2, -0.15) is 0 Å². The fraction of sp³-hybridized carbons (Fsp3) is 0.100. The smallest absolute Gasteiger partial charge is 0.356 e. The van der Waals surface area contributed by atoms with Gasteiger partial charge >= 0.3 is 5.97 Å². The van der Waals surface area contributed by atoms with Crippen molar-refractivity contribution in [2.24, 2.45) is 0 Å². The van der Waals surface area contributed by atoms with E-state index < -0.39 is 9.76 Å². The Balaban J connectivity index is 0.000000265. The van der Waals surface area contributed by atoms with Gasteiger partial charge in [-0.1, -0.05) is 77.8 Å². The monoisotopic (exact) mass is 266 g/mol. The summed E-state index contributed by atoms with van der Waals surface area (Å²) in [5, 5.41) is 7.85. The third-order valence-electron chi connectivity index (χ3n) is 1.28. The Hall–Kier alpha value is -0.700. The molecule has 1 N–H and O–H groups in total. The van der Waals surface area contributed by atoms with Crippen LogP contribution in [0, 0.1) is 0 Å². The van der Waals surface area contributed by atoms with Crippen molar-refractivity contribution in [3.05, 3.63) is 42.5 Å². The van der Waals surface area contributed by atoms with Crippen LogP contribution in [0.1, 0.15) is 5.56 Å². The molecule has 0 saturated carbocycles. The predicted molar refractivity (Wildman–Crippen MR) is 64.5 cm³/mol. The maximum atomic E-state index is 9.62. The summed E-state index contributed by atoms with van der Waals surface area (Å²) in [5.74, 6) is -1.46. The predicted octanol–water partition coefficient (Wildman–Crippen LogP) is 3.77. The van der Waals surface area contributed by atoms with Gasteiger partial charge in [0.2, 0.25) is 0 Å². The lowest BCUT2D eigenvalue weighted by molar-refractivity contribution is -0.135. The summed E-state index contributed by atoms with van der Waals surface area (Å²) in [4.78, 5) is 9.62. The molecule has 5 heteroatoms. The number of hydrogen-bond acceptors (Lipinski definition) is 1. The molecule has 0 atom stereocenters. The highest BCUT2D eigenvalue weighted by Gasteiger charge is 2.29. The van der Waals surface area contributed by atoms with Crippen molar-refractivity contribution in [2.45, 2.75) is 3.79 Å². The molecule has 0 fully saturated rings. The fourth-order valence-electron chi connectivity index (χ4n) is 0.589. The highest BCUT2D eigenvalue weighted by Crippen LogP contribution is 2.25. The Bertz CT molecular complexity index is 317. The van der Waals surface area contributed by atoms with Crippen LogP contribution in [-0.4, -0.2) is 14.9 Å². The molecule has 0 aliphatic rings. The molecule has 0 radical (unpaired) electrons. The van der Waals surface area contributed by atoms with Gasteiger partial charge < -0.3 is 5.11 Å². The summed E-state index contributed by atoms with van der Waals surface area (Å²) in [6, 6.07) is 10.0. The van der Waals surface area contributed by atoms with Crippen molar-refractivity contribution in [1.82, 2.24) is 0 Å². The minimum Gasteiger partial charge on any atom is -0.478 e. The number of carbonyl (C=O) groups is 1. The Labute approximate surface area is 103 Å². The number of hydrogen-bond donors (Lipinski definition) is 1. The van der Waals surface area contributed by atoms with Crippen LogP contribution in [0.2, 0.25) is 0 Å². The molecule has 82 valence electrons. The van der Waals surface area contributed by atoms with Crippen LogP contribution >= 0.6 is 34.8 Å². The first-order valence-corrected chi connectivity index (χ1v) is 4.99. The Morgan fingerprint density at radius 1 is 1.27 bits per heavy atom. The van der Waals surface area contributed by atoms with Crippen LogP contribution in [0.5, 0.6) is 0 Å². The molecule has 1 aromatic rings. The molecule has 0 bridgehead atoms. The van der Waals surface area contributed by atoms with E-state index >= 15 is 0 Å². The molecule has 1 aromatic carbocycles. The van der Waals surface area contributed by atoms with E-state index in [-0.39, 0.29) is 0 Å². The quantitative estimate of drug-likeness (QED) is 0.787. The standard InChI is InChI=1S/C8H8.C2HCl3O2/c1-2-8-6-4-3-5-7-8;3-2(4,5)1(6)7/h2-7H,1H2;(H,6,7). The molecule has 0 amide bonds. The molecule has 0 aromatic heterocycles. The van der Waals surface area contributed by atoms with Crippen molar-refractivity contribution < 1.29 is 9.90 Å². The first kappa shape index (κ1) is 14.3. The Morgan fingerprint density at radius 2 is 1.67 bits per heavy atom. The van der Waals surface area contributed by atoms with E-state index in [4.69, 9.17) is 39.9 Å². The summed E-state index contributed by atoms with van der Waals surface area (Å²) in [7, 11) is 0. The molecule has 0 saturated heterocycles. The summed E-state index contributed by atoms with van der Waals surface area (Å²) in [5.41, 5.74) is 1.17. The minimum atomic E-state index is -2.17. The highest BCUT2D eigenvalue weighted by atomic mass is 35.6. The zero-order chi connectivity index (χ0) is 11.9. The largest absolute Gasteiger partial charge is 0.478 e. The minimum absolute atomic E-state index is 1.17. The second-order valence-electron chi connectivity index (χ2n) is 2.42. The third-order valence-corrected chi connectivity index (χ3v) is 1.76. The first-order valence-electron chi connectivity index (χ1n) is 3.85. The van der Waals surface area contributed by atoms with Gasteiger partial charge in [0, 0.05) is 0 Å². The van der Waals surface area contributed by atoms with E-state index in [0.717, 1.165) is 0 Å². The lowest BCUT2D eigenvalue weighted by Crippen LogP contribution is -2.16. The SMILES string of the molecule is C=Cc1ccccc1.O=C(O)C(Cl)(Cl)Cl. The first-order chi connectivity index (χ1) is 6.88. The molecule has 2 nitrogen and oxygen atoms in total. The highest BCUT2D eigenvalue weighted by molar-refractivity contribution is 6.75. The molecule has 0 heterocycles. The van der Waals surface area contributed by atoms with Gasteiger partial charge in [0.1, 0.15) is 0 Å². The number of carboxylic acid groups (broad SMARTS) is 1. The maximum Gasteiger partial charge on any atom is 0.356 e. The van der Waals surface area contributed by atoms with Gasteiger partial charge in [-0.05, 0) is 5.56 Å². The van der Waals surface area contributed by atoms with Crippen molar-refractivity contribution in [1.29, 1.82) is 0 Å². The molecular weight excluding hydrogens is 258 g/mol. The lowest BCUT2D eigenvalue weighted by Gasteiger charge is -1.99. The van der Waals surface area contributed by atoms with Gasteiger partial charge in [-0.25, -0.2) is 4.79 Å². The zero-order valence-electron chi connectivity index (χ0n) is 7.66. The van der Waals surface area contributed by atoms with Crippen LogP contribution < -0.4 is 0 Å². The fourth-order valence-corrected chi connectivity index (χ4v) is 0.589. The average Bonchev–Trinajstić information content (AvgIpc) is 2.18. The van der Waals surface area contributed by atoms with Crippen LogP contribution in [0.25, 0.3) is 6.08 Å². The topological polar surface area (TPSA) is 37.3 Å². The Kier molecular flexibility index (Phi) is 6.41. The van der Waals surface area contributed by atoms with E-state index in [0.29, 0.717) is 0 Å². The number of carboxylic acids is 1. The molecule has 0 spiro atoms. The molecule has 1 rings (SSSR count). The van der Waals surface area contributed by atoms with Gasteiger partial charge in [0.15, 0.2) is 0 Å². The number of halogens is 3. The van der Waals surface area contributed by atoms with E-state index in [1.165, 1.54) is 5.56 Å². The molecule has 0 unspecified atom stereocenters. The van der Waals surface area contributed by atoms with E-state index in [9.17, 15) is 4.79 Å². The molecular formula is C10H9Cl3O2. The van der Waals surface area contributed by atoms with Crippen molar-refractivity contribution in [2.75, 3.05) is 0 Å². The van der Waals surface area contributed by atoms with Crippen LogP contribution in [0.15, 0.2) is 36.9 Å². The van der Waals surface area contributed by atoms with E-state index in [1.807, 2.05) is 36.4 Å². The molecule has 0 aliphatic heterocycles. The number of rotatable bonds is 1. The van der Waals surface area contributed by atoms with Crippen molar-refractivity contribution in [3.8, 4) is 0 Å². The third kappa shape index (κ3) is 7.25. The van der Waals surface area contributed by atoms with Crippen LogP contribution in [0.3, 0.4) is 0 Å². The van der Waals surface area contributed by atoms with Crippen LogP contribution in [-0.2, 0) is 4.79 Å². The van der Waals surface area contributed by atoms with Gasteiger partial charge in [0.25, 0.3) is 3.79 Å². The lowest BCUT2D eigenvalue weighted by atomic mass is 10.2. The van der Waals surface area contributed by atoms with E-state index in [2.05, 4.69) is 6.58 Å². The van der Waals surface area contributed by atoms with E-state index in [1.54, 1.807) is 0 Å². The second kappa shape index (κ2) is 6.72. The average molecular weight is 268 g/mol. The van der Waals surface area contributed by atoms with Crippen molar-refractivity contribution >= 4 is 46.8 Å². The number of benzene rings is 1. The molecule has 0 aliphatic carbocycles. The summed E-state index contributed by atoms with van der Waals surface area (Å²) in [6.45, 7) is 3.63. The van der Waals surface area contributed by atoms with Crippen molar-refractivity contribution in [3.63, 3.8) is 0 Å². The van der Waals surface area contributed by atoms with Gasteiger partial charge in [-0.15, -0.1) is 0 Å². The number of alkyl halides is 3. The second-order valence-corrected chi connectivity index (χ2v) is 4.70. The summed E-state index contributed by atoms with van der Waals surface area (Å²) in [6.07, 6.45) is 1.83. The van der Waals surface area contributed by atoms with Gasteiger partial charge in [-0.3, -0.25) is 0 Å². The zero-order valence-corrected chi connectivity index (χ0v) is 9.93. The number of aliphatic carboxylic acids is 1. The summed E-state index contributed by atoms with van der Waals surface area (Å²) >= 11 is 14.4. The normalized spacial score (nSPS) is 9.80.